The predicted molar refractivity (Wildman–Crippen MR) is 57.0 cm³/mol. The molecular weight excluding hydrogens is 176 g/mol. The zero-order valence-electron chi connectivity index (χ0n) is 8.23. The lowest BCUT2D eigenvalue weighted by atomic mass is 10.1. The molecule has 0 aliphatic heterocycles. The molecule has 0 aliphatic rings. The summed E-state index contributed by atoms with van der Waals surface area (Å²) in [5.74, 6) is 0. The molecule has 0 amide bonds. The summed E-state index contributed by atoms with van der Waals surface area (Å²) in [5, 5.41) is 12.8. The van der Waals surface area contributed by atoms with Crippen molar-refractivity contribution in [3.05, 3.63) is 35.5 Å². The molecule has 0 spiro atoms. The topological polar surface area (TPSA) is 37.5 Å². The molecule has 14 heavy (non-hydrogen) atoms. The molecule has 0 radical (unpaired) electrons. The molecule has 0 atom stereocenters. The average Bonchev–Trinajstić information content (AvgIpc) is 2.45. The number of benzene rings is 1. The predicted octanol–water partition coefficient (Wildman–Crippen LogP) is 2.29. The molecule has 0 saturated heterocycles. The minimum atomic E-state index is 0.977. The first-order chi connectivity index (χ1) is 6.75. The van der Waals surface area contributed by atoms with Gasteiger partial charge in [0.05, 0.1) is 6.21 Å². The second kappa shape index (κ2) is 3.18. The quantitative estimate of drug-likeness (QED) is 0.416. The van der Waals surface area contributed by atoms with Crippen LogP contribution in [0.5, 0.6) is 0 Å². The van der Waals surface area contributed by atoms with Crippen molar-refractivity contribution in [1.29, 1.82) is 0 Å². The van der Waals surface area contributed by atoms with Crippen LogP contribution < -0.4 is 0 Å². The first-order valence-corrected chi connectivity index (χ1v) is 4.47. The van der Waals surface area contributed by atoms with E-state index in [1.807, 2.05) is 32.2 Å². The Kier molecular flexibility index (Phi) is 2.00. The fraction of sp³-hybridized carbons (Fsp3) is 0.182. The monoisotopic (exact) mass is 188 g/mol. The molecule has 1 heterocycles. The third kappa shape index (κ3) is 1.09. The van der Waals surface area contributed by atoms with E-state index in [0.717, 1.165) is 22.2 Å². The number of hydrogen-bond donors (Lipinski definition) is 1. The van der Waals surface area contributed by atoms with Gasteiger partial charge in [0.2, 0.25) is 0 Å². The fourth-order valence-electron chi connectivity index (χ4n) is 1.77. The number of fused-ring (bicyclic) bond motifs is 1. The van der Waals surface area contributed by atoms with Crippen molar-refractivity contribution in [2.45, 2.75) is 6.92 Å². The van der Waals surface area contributed by atoms with E-state index in [0.29, 0.717) is 0 Å². The second-order valence-corrected chi connectivity index (χ2v) is 3.32. The summed E-state index contributed by atoms with van der Waals surface area (Å²) in [5.41, 5.74) is 3.23. The summed E-state index contributed by atoms with van der Waals surface area (Å²) in [4.78, 5) is 0. The van der Waals surface area contributed by atoms with Crippen LogP contribution in [0.4, 0.5) is 0 Å². The third-order valence-electron chi connectivity index (χ3n) is 2.64. The van der Waals surface area contributed by atoms with Crippen LogP contribution in [-0.2, 0) is 7.05 Å². The van der Waals surface area contributed by atoms with Gasteiger partial charge in [0.1, 0.15) is 0 Å². The number of nitrogens with zero attached hydrogens (tertiary/aromatic N) is 2. The lowest BCUT2D eigenvalue weighted by Gasteiger charge is -1.96. The fourth-order valence-corrected chi connectivity index (χ4v) is 1.77. The average molecular weight is 188 g/mol. The molecule has 0 fully saturated rings. The van der Waals surface area contributed by atoms with E-state index in [1.165, 1.54) is 6.21 Å². The molecular formula is C11H12N2O. The highest BCUT2D eigenvalue weighted by Crippen LogP contribution is 2.22. The van der Waals surface area contributed by atoms with Gasteiger partial charge < -0.3 is 9.77 Å². The van der Waals surface area contributed by atoms with E-state index >= 15 is 0 Å². The summed E-state index contributed by atoms with van der Waals surface area (Å²) >= 11 is 0. The number of aryl methyl sites for hydroxylation is 1. The maximum atomic E-state index is 8.57. The molecule has 2 rings (SSSR count). The van der Waals surface area contributed by atoms with E-state index in [4.69, 9.17) is 5.21 Å². The van der Waals surface area contributed by atoms with Crippen molar-refractivity contribution < 1.29 is 5.21 Å². The van der Waals surface area contributed by atoms with Crippen molar-refractivity contribution in [3.8, 4) is 0 Å². The van der Waals surface area contributed by atoms with Gasteiger partial charge >= 0.3 is 0 Å². The first kappa shape index (κ1) is 8.81. The molecule has 0 saturated carbocycles. The summed E-state index contributed by atoms with van der Waals surface area (Å²) < 4.78 is 2.09. The highest BCUT2D eigenvalue weighted by Gasteiger charge is 2.08. The molecule has 0 bridgehead atoms. The highest BCUT2D eigenvalue weighted by atomic mass is 16.4. The van der Waals surface area contributed by atoms with E-state index in [1.54, 1.807) is 0 Å². The number of oxime groups is 1. The normalized spacial score (nSPS) is 11.6. The smallest absolute Gasteiger partial charge is 0.0758 e. The SMILES string of the molecule is Cc1c(C=NO)c2ccccc2n1C. The van der Waals surface area contributed by atoms with Crippen LogP contribution in [-0.4, -0.2) is 16.0 Å². The van der Waals surface area contributed by atoms with E-state index in [9.17, 15) is 0 Å². The minimum Gasteiger partial charge on any atom is -0.411 e. The van der Waals surface area contributed by atoms with Crippen LogP contribution in [0.2, 0.25) is 0 Å². The van der Waals surface area contributed by atoms with Gasteiger partial charge in [-0.1, -0.05) is 23.4 Å². The van der Waals surface area contributed by atoms with Gasteiger partial charge in [-0.2, -0.15) is 0 Å². The van der Waals surface area contributed by atoms with Gasteiger partial charge in [-0.05, 0) is 13.0 Å². The van der Waals surface area contributed by atoms with Crippen LogP contribution in [0.1, 0.15) is 11.3 Å². The van der Waals surface area contributed by atoms with Gasteiger partial charge in [-0.25, -0.2) is 0 Å². The van der Waals surface area contributed by atoms with Gasteiger partial charge in [-0.15, -0.1) is 0 Å². The molecule has 0 aliphatic carbocycles. The Balaban J connectivity index is 2.87. The zero-order chi connectivity index (χ0) is 10.1. The Hall–Kier alpha value is -1.77. The number of para-hydroxylation sites is 1. The zero-order valence-corrected chi connectivity index (χ0v) is 8.23. The van der Waals surface area contributed by atoms with Crippen molar-refractivity contribution in [3.63, 3.8) is 0 Å². The molecule has 2 aromatic rings. The largest absolute Gasteiger partial charge is 0.411 e. The molecule has 1 aromatic carbocycles. The van der Waals surface area contributed by atoms with Gasteiger partial charge in [0, 0.05) is 29.2 Å². The molecule has 1 N–H and O–H groups in total. The van der Waals surface area contributed by atoms with Crippen molar-refractivity contribution in [1.82, 2.24) is 4.57 Å². The first-order valence-electron chi connectivity index (χ1n) is 4.47. The molecule has 3 heteroatoms. The Labute approximate surface area is 82.3 Å². The number of hydrogen-bond acceptors (Lipinski definition) is 2. The molecule has 0 unspecified atom stereocenters. The number of rotatable bonds is 1. The maximum Gasteiger partial charge on any atom is 0.0758 e. The van der Waals surface area contributed by atoms with Crippen LogP contribution in [0, 0.1) is 6.92 Å². The summed E-state index contributed by atoms with van der Waals surface area (Å²) in [6.07, 6.45) is 1.48. The van der Waals surface area contributed by atoms with Gasteiger partial charge in [0.15, 0.2) is 0 Å². The van der Waals surface area contributed by atoms with Crippen LogP contribution in [0.25, 0.3) is 10.9 Å². The van der Waals surface area contributed by atoms with Gasteiger partial charge in [-0.3, -0.25) is 0 Å². The Morgan fingerprint density at radius 2 is 2.07 bits per heavy atom. The minimum absolute atomic E-state index is 0.977. The van der Waals surface area contributed by atoms with E-state index in [2.05, 4.69) is 15.8 Å². The van der Waals surface area contributed by atoms with E-state index < -0.39 is 0 Å². The van der Waals surface area contributed by atoms with Crippen LogP contribution >= 0.6 is 0 Å². The van der Waals surface area contributed by atoms with Gasteiger partial charge in [0.25, 0.3) is 0 Å². The van der Waals surface area contributed by atoms with Crippen molar-refractivity contribution in [2.75, 3.05) is 0 Å². The van der Waals surface area contributed by atoms with E-state index in [-0.39, 0.29) is 0 Å². The molecule has 1 aromatic heterocycles. The number of aromatic nitrogens is 1. The standard InChI is InChI=1S/C11H12N2O/c1-8-10(7-12-14)9-5-3-4-6-11(9)13(8)2/h3-7,14H,1-2H3. The maximum absolute atomic E-state index is 8.57. The van der Waals surface area contributed by atoms with Crippen LogP contribution in [0.3, 0.4) is 0 Å². The van der Waals surface area contributed by atoms with Crippen molar-refractivity contribution >= 4 is 17.1 Å². The summed E-state index contributed by atoms with van der Waals surface area (Å²) in [6, 6.07) is 8.06. The highest BCUT2D eigenvalue weighted by molar-refractivity contribution is 6.00. The molecule has 72 valence electrons. The Morgan fingerprint density at radius 1 is 1.36 bits per heavy atom. The Bertz CT molecular complexity index is 497. The summed E-state index contributed by atoms with van der Waals surface area (Å²) in [6.45, 7) is 2.01. The Morgan fingerprint density at radius 3 is 2.79 bits per heavy atom. The summed E-state index contributed by atoms with van der Waals surface area (Å²) in [7, 11) is 2.01. The van der Waals surface area contributed by atoms with Crippen molar-refractivity contribution in [2.24, 2.45) is 12.2 Å². The lowest BCUT2D eigenvalue weighted by Crippen LogP contribution is -1.91. The lowest BCUT2D eigenvalue weighted by molar-refractivity contribution is 0.322. The van der Waals surface area contributed by atoms with Crippen LogP contribution in [0.15, 0.2) is 29.4 Å². The second-order valence-electron chi connectivity index (χ2n) is 3.32. The molecule has 3 nitrogen and oxygen atoms in total. The third-order valence-corrected chi connectivity index (χ3v) is 2.64.